The number of fused-ring (bicyclic) bond motifs is 1. The third-order valence-corrected chi connectivity index (χ3v) is 4.76. The van der Waals surface area contributed by atoms with Crippen LogP contribution in [0.4, 0.5) is 11.5 Å². The van der Waals surface area contributed by atoms with E-state index in [4.69, 9.17) is 4.74 Å². The SMILES string of the molecule is Cc1ccnc2c1C(OC1CCCC1)C=C(Nc1ccccc1)N2. The van der Waals surface area contributed by atoms with E-state index in [0.29, 0.717) is 6.10 Å². The molecule has 1 aromatic carbocycles. The molecule has 24 heavy (non-hydrogen) atoms. The average Bonchev–Trinajstić information content (AvgIpc) is 3.09. The van der Waals surface area contributed by atoms with Crippen molar-refractivity contribution < 1.29 is 4.74 Å². The number of ether oxygens (including phenoxy) is 1. The number of hydrogen-bond donors (Lipinski definition) is 2. The van der Waals surface area contributed by atoms with Gasteiger partial charge >= 0.3 is 0 Å². The van der Waals surface area contributed by atoms with Crippen molar-refractivity contribution >= 4 is 11.5 Å². The summed E-state index contributed by atoms with van der Waals surface area (Å²) in [5.74, 6) is 1.81. The fourth-order valence-electron chi connectivity index (χ4n) is 3.52. The molecule has 0 amide bonds. The van der Waals surface area contributed by atoms with Gasteiger partial charge in [0.05, 0.1) is 6.10 Å². The zero-order chi connectivity index (χ0) is 16.4. The van der Waals surface area contributed by atoms with Crippen molar-refractivity contribution in [2.45, 2.75) is 44.8 Å². The molecule has 2 aliphatic rings. The van der Waals surface area contributed by atoms with Crippen molar-refractivity contribution in [3.05, 3.63) is 65.6 Å². The van der Waals surface area contributed by atoms with Crippen LogP contribution in [0.2, 0.25) is 0 Å². The minimum atomic E-state index is -0.0516. The van der Waals surface area contributed by atoms with E-state index in [-0.39, 0.29) is 6.10 Å². The van der Waals surface area contributed by atoms with E-state index in [1.807, 2.05) is 24.4 Å². The molecule has 2 aromatic rings. The zero-order valence-corrected chi connectivity index (χ0v) is 14.0. The maximum atomic E-state index is 6.43. The largest absolute Gasteiger partial charge is 0.366 e. The number of rotatable bonds is 4. The lowest BCUT2D eigenvalue weighted by molar-refractivity contribution is 0.0158. The number of hydrogen-bond acceptors (Lipinski definition) is 4. The molecular formula is C20H23N3O. The van der Waals surface area contributed by atoms with Gasteiger partial charge in [0.1, 0.15) is 17.7 Å². The number of nitrogens with zero attached hydrogens (tertiary/aromatic N) is 1. The van der Waals surface area contributed by atoms with Gasteiger partial charge in [-0.1, -0.05) is 31.0 Å². The van der Waals surface area contributed by atoms with Crippen LogP contribution in [0.25, 0.3) is 0 Å². The molecule has 4 heteroatoms. The van der Waals surface area contributed by atoms with Crippen molar-refractivity contribution in [2.75, 3.05) is 10.6 Å². The Morgan fingerprint density at radius 2 is 1.92 bits per heavy atom. The van der Waals surface area contributed by atoms with Crippen LogP contribution >= 0.6 is 0 Å². The summed E-state index contributed by atoms with van der Waals surface area (Å²) in [5, 5.41) is 6.83. The molecule has 1 atom stereocenters. The molecule has 4 rings (SSSR count). The van der Waals surface area contributed by atoms with Crippen LogP contribution in [0.1, 0.15) is 42.9 Å². The third-order valence-electron chi connectivity index (χ3n) is 4.76. The lowest BCUT2D eigenvalue weighted by Gasteiger charge is -2.29. The van der Waals surface area contributed by atoms with Crippen LogP contribution in [0.5, 0.6) is 0 Å². The molecule has 0 saturated heterocycles. The Morgan fingerprint density at radius 1 is 1.12 bits per heavy atom. The van der Waals surface area contributed by atoms with E-state index in [1.165, 1.54) is 18.4 Å². The molecule has 2 N–H and O–H groups in total. The predicted molar refractivity (Wildman–Crippen MR) is 96.8 cm³/mol. The number of aromatic nitrogens is 1. The quantitative estimate of drug-likeness (QED) is 0.851. The first-order valence-electron chi connectivity index (χ1n) is 8.71. The highest BCUT2D eigenvalue weighted by Crippen LogP contribution is 2.37. The van der Waals surface area contributed by atoms with Crippen LogP contribution < -0.4 is 10.6 Å². The number of pyridine rings is 1. The smallest absolute Gasteiger partial charge is 0.137 e. The summed E-state index contributed by atoms with van der Waals surface area (Å²) < 4.78 is 6.43. The molecule has 1 aromatic heterocycles. The molecule has 1 aliphatic heterocycles. The Kier molecular flexibility index (Phi) is 4.22. The van der Waals surface area contributed by atoms with Gasteiger partial charge < -0.3 is 15.4 Å². The lowest BCUT2D eigenvalue weighted by Crippen LogP contribution is -2.23. The number of para-hydroxylation sites is 1. The van der Waals surface area contributed by atoms with Crippen LogP contribution in [0, 0.1) is 6.92 Å². The molecule has 0 radical (unpaired) electrons. The van der Waals surface area contributed by atoms with E-state index in [1.54, 1.807) is 0 Å². The first-order chi connectivity index (χ1) is 11.8. The summed E-state index contributed by atoms with van der Waals surface area (Å²) in [6, 6.07) is 12.2. The Morgan fingerprint density at radius 3 is 2.71 bits per heavy atom. The lowest BCUT2D eigenvalue weighted by atomic mass is 10.0. The summed E-state index contributed by atoms with van der Waals surface area (Å²) >= 11 is 0. The van der Waals surface area contributed by atoms with E-state index >= 15 is 0 Å². The summed E-state index contributed by atoms with van der Waals surface area (Å²) in [7, 11) is 0. The minimum Gasteiger partial charge on any atom is -0.366 e. The maximum absolute atomic E-state index is 6.43. The normalized spacial score (nSPS) is 20.2. The van der Waals surface area contributed by atoms with Gasteiger partial charge in [-0.15, -0.1) is 0 Å². The Hall–Kier alpha value is -2.33. The number of nitrogens with one attached hydrogen (secondary N) is 2. The van der Waals surface area contributed by atoms with Crippen LogP contribution in [-0.2, 0) is 4.74 Å². The maximum Gasteiger partial charge on any atom is 0.137 e. The highest BCUT2D eigenvalue weighted by atomic mass is 16.5. The summed E-state index contributed by atoms with van der Waals surface area (Å²) in [6.07, 6.45) is 9.16. The summed E-state index contributed by atoms with van der Waals surface area (Å²) in [5.41, 5.74) is 3.42. The van der Waals surface area contributed by atoms with Crippen molar-refractivity contribution in [1.29, 1.82) is 0 Å². The van der Waals surface area contributed by atoms with E-state index in [0.717, 1.165) is 35.7 Å². The topological polar surface area (TPSA) is 46.2 Å². The highest BCUT2D eigenvalue weighted by molar-refractivity contribution is 5.61. The van der Waals surface area contributed by atoms with Gasteiger partial charge in [0.25, 0.3) is 0 Å². The minimum absolute atomic E-state index is 0.0516. The predicted octanol–water partition coefficient (Wildman–Crippen LogP) is 4.77. The standard InChI is InChI=1S/C20H23N3O/c1-14-11-12-21-20-19(14)17(24-16-9-5-6-10-16)13-18(23-20)22-15-7-3-2-4-8-15/h2-4,7-8,11-13,16-17,22H,5-6,9-10H2,1H3,(H,21,23). The Labute approximate surface area is 143 Å². The van der Waals surface area contributed by atoms with Gasteiger partial charge in [-0.3, -0.25) is 0 Å². The molecule has 124 valence electrons. The van der Waals surface area contributed by atoms with Crippen molar-refractivity contribution in [3.8, 4) is 0 Å². The fraction of sp³-hybridized carbons (Fsp3) is 0.350. The van der Waals surface area contributed by atoms with Crippen LogP contribution in [0.15, 0.2) is 54.5 Å². The second kappa shape index (κ2) is 6.65. The Bertz CT molecular complexity index is 736. The first-order valence-corrected chi connectivity index (χ1v) is 8.71. The number of aryl methyl sites for hydroxylation is 1. The number of anilines is 2. The summed E-state index contributed by atoms with van der Waals surface area (Å²) in [4.78, 5) is 4.52. The van der Waals surface area contributed by atoms with Crippen molar-refractivity contribution in [2.24, 2.45) is 0 Å². The molecule has 0 bridgehead atoms. The monoisotopic (exact) mass is 321 g/mol. The van der Waals surface area contributed by atoms with Gasteiger partial charge in [-0.05, 0) is 49.6 Å². The highest BCUT2D eigenvalue weighted by Gasteiger charge is 2.27. The van der Waals surface area contributed by atoms with E-state index in [2.05, 4.69) is 46.8 Å². The van der Waals surface area contributed by atoms with Crippen LogP contribution in [-0.4, -0.2) is 11.1 Å². The van der Waals surface area contributed by atoms with E-state index in [9.17, 15) is 0 Å². The third kappa shape index (κ3) is 3.15. The molecule has 1 aliphatic carbocycles. The first kappa shape index (κ1) is 15.2. The second-order valence-corrected chi connectivity index (χ2v) is 6.55. The van der Waals surface area contributed by atoms with Crippen molar-refractivity contribution in [3.63, 3.8) is 0 Å². The average molecular weight is 321 g/mol. The zero-order valence-electron chi connectivity index (χ0n) is 14.0. The Balaban J connectivity index is 1.62. The van der Waals surface area contributed by atoms with Gasteiger partial charge in [0.15, 0.2) is 0 Å². The molecular weight excluding hydrogens is 298 g/mol. The molecule has 0 spiro atoms. The molecule has 1 saturated carbocycles. The van der Waals surface area contributed by atoms with Crippen molar-refractivity contribution in [1.82, 2.24) is 4.98 Å². The van der Waals surface area contributed by atoms with Gasteiger partial charge in [0, 0.05) is 17.4 Å². The van der Waals surface area contributed by atoms with Gasteiger partial charge in [-0.2, -0.15) is 0 Å². The van der Waals surface area contributed by atoms with Gasteiger partial charge in [0.2, 0.25) is 0 Å². The fourth-order valence-corrected chi connectivity index (χ4v) is 3.52. The molecule has 2 heterocycles. The molecule has 1 fully saturated rings. The second-order valence-electron chi connectivity index (χ2n) is 6.55. The van der Waals surface area contributed by atoms with E-state index < -0.39 is 0 Å². The number of benzene rings is 1. The van der Waals surface area contributed by atoms with Crippen LogP contribution in [0.3, 0.4) is 0 Å². The molecule has 1 unspecified atom stereocenters. The van der Waals surface area contributed by atoms with Gasteiger partial charge in [-0.25, -0.2) is 4.98 Å². The molecule has 4 nitrogen and oxygen atoms in total. The summed E-state index contributed by atoms with van der Waals surface area (Å²) in [6.45, 7) is 2.12.